The van der Waals surface area contributed by atoms with Crippen LogP contribution in [-0.2, 0) is 28.5 Å². The topological polar surface area (TPSA) is 222 Å². The number of esters is 2. The molecular weight excluding hydrogens is 512 g/mol. The highest BCUT2D eigenvalue weighted by Crippen LogP contribution is 2.38. The van der Waals surface area contributed by atoms with Crippen LogP contribution in [0.2, 0.25) is 0 Å². The lowest BCUT2D eigenvalue weighted by atomic mass is 9.82. The maximum Gasteiger partial charge on any atom is 0.338 e. The molecule has 1 fully saturated rings. The van der Waals surface area contributed by atoms with Gasteiger partial charge in [-0.05, 0) is 18.6 Å². The molecule has 0 spiro atoms. The highest BCUT2D eigenvalue weighted by atomic mass is 16.8. The molecule has 14 nitrogen and oxygen atoms in total. The molecule has 0 saturated carbocycles. The van der Waals surface area contributed by atoms with Crippen molar-refractivity contribution in [3.63, 3.8) is 0 Å². The van der Waals surface area contributed by atoms with Gasteiger partial charge in [0.25, 0.3) is 0 Å². The van der Waals surface area contributed by atoms with Gasteiger partial charge in [-0.15, -0.1) is 6.58 Å². The second-order valence-corrected chi connectivity index (χ2v) is 8.61. The lowest BCUT2D eigenvalue weighted by Gasteiger charge is -2.43. The van der Waals surface area contributed by atoms with E-state index in [9.17, 15) is 45.3 Å². The van der Waals surface area contributed by atoms with Gasteiger partial charge in [0.05, 0.1) is 37.7 Å². The lowest BCUT2D eigenvalue weighted by Crippen LogP contribution is -2.60. The summed E-state index contributed by atoms with van der Waals surface area (Å²) in [4.78, 5) is 24.8. The average Bonchev–Trinajstić information content (AvgIpc) is 2.91. The molecule has 0 amide bonds. The Balaban J connectivity index is 1.75. The molecule has 1 aromatic carbocycles. The Kier molecular flexibility index (Phi) is 9.54. The first-order valence-electron chi connectivity index (χ1n) is 11.5. The third kappa shape index (κ3) is 6.01. The van der Waals surface area contributed by atoms with Gasteiger partial charge in [0.15, 0.2) is 23.5 Å². The Hall–Kier alpha value is -3.40. The van der Waals surface area contributed by atoms with Crippen molar-refractivity contribution >= 4 is 11.9 Å². The molecule has 2 aliphatic rings. The molecule has 1 saturated heterocycles. The predicted octanol–water partition coefficient (Wildman–Crippen LogP) is -1.00. The van der Waals surface area contributed by atoms with Crippen LogP contribution in [0.25, 0.3) is 0 Å². The van der Waals surface area contributed by atoms with Gasteiger partial charge < -0.3 is 59.4 Å². The fourth-order valence-electron chi connectivity index (χ4n) is 4.17. The van der Waals surface area contributed by atoms with E-state index in [4.69, 9.17) is 23.7 Å². The first-order valence-corrected chi connectivity index (χ1v) is 11.5. The summed E-state index contributed by atoms with van der Waals surface area (Å²) in [6.07, 6.45) is -6.49. The van der Waals surface area contributed by atoms with Crippen LogP contribution in [0, 0.1) is 11.8 Å². The van der Waals surface area contributed by atoms with Crippen molar-refractivity contribution in [1.29, 1.82) is 0 Å². The summed E-state index contributed by atoms with van der Waals surface area (Å²) in [7, 11) is 1.16. The molecule has 14 heteroatoms. The maximum atomic E-state index is 12.4. The van der Waals surface area contributed by atoms with Gasteiger partial charge in [-0.2, -0.15) is 0 Å². The smallest absolute Gasteiger partial charge is 0.338 e. The molecule has 210 valence electrons. The second-order valence-electron chi connectivity index (χ2n) is 8.61. The number of aliphatic hydroxyl groups is 4. The number of aliphatic hydroxyl groups excluding tert-OH is 4. The normalized spacial score (nSPS) is 31.0. The molecule has 1 aromatic rings. The summed E-state index contributed by atoms with van der Waals surface area (Å²) < 4.78 is 26.6. The van der Waals surface area contributed by atoms with Gasteiger partial charge in [-0.3, -0.25) is 0 Å². The summed E-state index contributed by atoms with van der Waals surface area (Å²) in [5.74, 6) is -5.48. The standard InChI is InChI=1S/C24H30O14/c1-3-11-12(4-5-35-21(32)10-6-14(26)17(28)15(27)7-10)13(22(33)34-2)9-36-23(11)38-24-20(31)19(30)18(29)16(8-25)37-24/h3,6-7,9,11-12,16,18-20,23-31H,1,4-5,8H2,2H3/t11-,12+,16-,18-,19-,20+,23+,24-/m1/s1. The van der Waals surface area contributed by atoms with Crippen LogP contribution in [0.1, 0.15) is 16.8 Å². The van der Waals surface area contributed by atoms with Crippen LogP contribution in [0.15, 0.2) is 36.6 Å². The number of rotatable bonds is 9. The van der Waals surface area contributed by atoms with Crippen LogP contribution >= 0.6 is 0 Å². The minimum Gasteiger partial charge on any atom is -0.504 e. The number of carbonyl (C=O) groups is 2. The summed E-state index contributed by atoms with van der Waals surface area (Å²) in [5.41, 5.74) is -0.181. The van der Waals surface area contributed by atoms with E-state index in [1.165, 1.54) is 6.08 Å². The van der Waals surface area contributed by atoms with Gasteiger partial charge in [-0.1, -0.05) is 6.08 Å². The first-order chi connectivity index (χ1) is 18.0. The predicted molar refractivity (Wildman–Crippen MR) is 123 cm³/mol. The van der Waals surface area contributed by atoms with Gasteiger partial charge in [-0.25, -0.2) is 9.59 Å². The van der Waals surface area contributed by atoms with Crippen LogP contribution < -0.4 is 0 Å². The molecule has 3 rings (SSSR count). The highest BCUT2D eigenvalue weighted by molar-refractivity contribution is 5.91. The molecular formula is C24H30O14. The SMILES string of the molecule is C=C[C@H]1[C@H](O[C@H]2O[C@H](CO)[C@@H](O)[C@@H](O)[C@@H]2O)OC=C(C(=O)OC)[C@H]1CCOC(=O)c1cc(O)c(O)c(O)c1. The number of hydrogen-bond acceptors (Lipinski definition) is 14. The van der Waals surface area contributed by atoms with E-state index in [0.717, 1.165) is 25.5 Å². The van der Waals surface area contributed by atoms with E-state index in [1.54, 1.807) is 0 Å². The molecule has 0 unspecified atom stereocenters. The third-order valence-electron chi connectivity index (χ3n) is 6.28. The van der Waals surface area contributed by atoms with Crippen LogP contribution in [-0.4, -0.2) is 105 Å². The van der Waals surface area contributed by atoms with Crippen molar-refractivity contribution in [3.8, 4) is 17.2 Å². The Labute approximate surface area is 216 Å². The number of ether oxygens (including phenoxy) is 5. The van der Waals surface area contributed by atoms with Gasteiger partial charge in [0, 0.05) is 11.8 Å². The Morgan fingerprint density at radius 1 is 1.03 bits per heavy atom. The van der Waals surface area contributed by atoms with Crippen molar-refractivity contribution in [1.82, 2.24) is 0 Å². The van der Waals surface area contributed by atoms with E-state index in [1.807, 2.05) is 0 Å². The monoisotopic (exact) mass is 542 g/mol. The third-order valence-corrected chi connectivity index (χ3v) is 6.28. The summed E-state index contributed by atoms with van der Waals surface area (Å²) in [6, 6.07) is 1.81. The number of hydrogen-bond donors (Lipinski definition) is 7. The van der Waals surface area contributed by atoms with Crippen molar-refractivity contribution in [3.05, 3.63) is 42.2 Å². The Morgan fingerprint density at radius 2 is 1.68 bits per heavy atom. The fourth-order valence-corrected chi connectivity index (χ4v) is 4.17. The van der Waals surface area contributed by atoms with E-state index >= 15 is 0 Å². The molecule has 8 atom stereocenters. The zero-order valence-corrected chi connectivity index (χ0v) is 20.2. The average molecular weight is 542 g/mol. The number of phenolic OH excluding ortho intramolecular Hbond substituents is 3. The zero-order valence-electron chi connectivity index (χ0n) is 20.2. The van der Waals surface area contributed by atoms with Gasteiger partial charge in [0.1, 0.15) is 24.4 Å². The Morgan fingerprint density at radius 3 is 2.26 bits per heavy atom. The zero-order chi connectivity index (χ0) is 28.1. The van der Waals surface area contributed by atoms with Crippen molar-refractivity contribution < 1.29 is 69.0 Å². The van der Waals surface area contributed by atoms with E-state index in [0.29, 0.717) is 0 Å². The summed E-state index contributed by atoms with van der Waals surface area (Å²) in [5, 5.41) is 68.4. The minimum absolute atomic E-state index is 0.0112. The molecule has 2 aliphatic heterocycles. The second kappa shape index (κ2) is 12.4. The Bertz CT molecular complexity index is 1030. The molecule has 0 aromatic heterocycles. The lowest BCUT2D eigenvalue weighted by molar-refractivity contribution is -0.339. The first kappa shape index (κ1) is 29.2. The number of phenols is 3. The fraction of sp³-hybridized carbons (Fsp3) is 0.500. The number of carbonyl (C=O) groups excluding carboxylic acids is 2. The summed E-state index contributed by atoms with van der Waals surface area (Å²) >= 11 is 0. The summed E-state index contributed by atoms with van der Waals surface area (Å²) in [6.45, 7) is 2.80. The molecule has 0 radical (unpaired) electrons. The quantitative estimate of drug-likeness (QED) is 0.113. The van der Waals surface area contributed by atoms with Crippen molar-refractivity contribution in [2.75, 3.05) is 20.3 Å². The van der Waals surface area contributed by atoms with Crippen molar-refractivity contribution in [2.45, 2.75) is 43.4 Å². The van der Waals surface area contributed by atoms with E-state index < -0.39 is 84.6 Å². The van der Waals surface area contributed by atoms with Crippen LogP contribution in [0.3, 0.4) is 0 Å². The molecule has 2 heterocycles. The largest absolute Gasteiger partial charge is 0.504 e. The molecule has 7 N–H and O–H groups in total. The molecule has 0 aliphatic carbocycles. The van der Waals surface area contributed by atoms with Crippen LogP contribution in [0.4, 0.5) is 0 Å². The van der Waals surface area contributed by atoms with Gasteiger partial charge in [0.2, 0.25) is 6.29 Å². The van der Waals surface area contributed by atoms with Crippen molar-refractivity contribution in [2.24, 2.45) is 11.8 Å². The highest BCUT2D eigenvalue weighted by Gasteiger charge is 2.47. The van der Waals surface area contributed by atoms with Crippen LogP contribution in [0.5, 0.6) is 17.2 Å². The molecule has 38 heavy (non-hydrogen) atoms. The molecule has 0 bridgehead atoms. The maximum absolute atomic E-state index is 12.4. The number of methoxy groups -OCH3 is 1. The number of benzene rings is 1. The van der Waals surface area contributed by atoms with E-state index in [2.05, 4.69) is 6.58 Å². The van der Waals surface area contributed by atoms with E-state index in [-0.39, 0.29) is 24.2 Å². The minimum atomic E-state index is -1.70. The van der Waals surface area contributed by atoms with Gasteiger partial charge >= 0.3 is 11.9 Å². The number of aromatic hydroxyl groups is 3.